The zero-order valence-corrected chi connectivity index (χ0v) is 11.8. The van der Waals surface area contributed by atoms with E-state index in [9.17, 15) is 17.6 Å². The fourth-order valence-electron chi connectivity index (χ4n) is 1.94. The molecule has 0 fully saturated rings. The van der Waals surface area contributed by atoms with Gasteiger partial charge in [-0.25, -0.2) is 4.39 Å². The summed E-state index contributed by atoms with van der Waals surface area (Å²) in [6.45, 7) is 1.74. The third-order valence-corrected chi connectivity index (χ3v) is 3.28. The molecule has 0 aliphatic rings. The van der Waals surface area contributed by atoms with Crippen molar-refractivity contribution in [2.24, 2.45) is 0 Å². The molecular weight excluding hydrogens is 306 g/mol. The highest BCUT2D eigenvalue weighted by molar-refractivity contribution is 6.30. The van der Waals surface area contributed by atoms with Crippen LogP contribution in [-0.2, 0) is 12.7 Å². The Balaban J connectivity index is 2.26. The quantitative estimate of drug-likeness (QED) is 0.745. The number of hydrogen-bond acceptors (Lipinski definition) is 1. The Hall–Kier alpha value is -1.75. The summed E-state index contributed by atoms with van der Waals surface area (Å²) in [5.41, 5.74) is 0.493. The Bertz CT molecular complexity index is 653. The van der Waals surface area contributed by atoms with Crippen molar-refractivity contribution in [1.82, 2.24) is 0 Å². The highest BCUT2D eigenvalue weighted by atomic mass is 35.5. The van der Waals surface area contributed by atoms with Crippen molar-refractivity contribution in [3.8, 4) is 0 Å². The second-order valence-corrected chi connectivity index (χ2v) is 5.05. The van der Waals surface area contributed by atoms with Crippen molar-refractivity contribution in [3.63, 3.8) is 0 Å². The van der Waals surface area contributed by atoms with Gasteiger partial charge in [0.2, 0.25) is 0 Å². The number of hydrogen-bond donors (Lipinski definition) is 1. The maximum absolute atomic E-state index is 13.0. The van der Waals surface area contributed by atoms with E-state index in [2.05, 4.69) is 5.32 Å². The van der Waals surface area contributed by atoms with Crippen LogP contribution in [0.3, 0.4) is 0 Å². The molecule has 0 radical (unpaired) electrons. The molecule has 0 spiro atoms. The number of aryl methyl sites for hydroxylation is 1. The summed E-state index contributed by atoms with van der Waals surface area (Å²) in [6, 6.07) is 7.73. The molecular formula is C15H12ClF4N. The van der Waals surface area contributed by atoms with Crippen LogP contribution in [0.4, 0.5) is 23.2 Å². The molecule has 0 bridgehead atoms. The van der Waals surface area contributed by atoms with E-state index < -0.39 is 17.6 Å². The Morgan fingerprint density at radius 2 is 1.81 bits per heavy atom. The lowest BCUT2D eigenvalue weighted by molar-refractivity contribution is -0.138. The Morgan fingerprint density at radius 3 is 2.48 bits per heavy atom. The van der Waals surface area contributed by atoms with Gasteiger partial charge in [0.25, 0.3) is 0 Å². The lowest BCUT2D eigenvalue weighted by Crippen LogP contribution is -2.12. The second-order valence-electron chi connectivity index (χ2n) is 4.61. The topological polar surface area (TPSA) is 12.0 Å². The summed E-state index contributed by atoms with van der Waals surface area (Å²) in [6.07, 6.45) is -4.59. The van der Waals surface area contributed by atoms with Crippen LogP contribution in [-0.4, -0.2) is 0 Å². The number of alkyl halides is 3. The Morgan fingerprint density at radius 1 is 1.10 bits per heavy atom. The van der Waals surface area contributed by atoms with Crippen LogP contribution < -0.4 is 5.32 Å². The van der Waals surface area contributed by atoms with Crippen molar-refractivity contribution < 1.29 is 17.6 Å². The molecule has 0 aliphatic carbocycles. The minimum atomic E-state index is -4.59. The van der Waals surface area contributed by atoms with Crippen LogP contribution in [0.2, 0.25) is 5.02 Å². The molecule has 0 unspecified atom stereocenters. The maximum Gasteiger partial charge on any atom is 0.416 e. The minimum absolute atomic E-state index is 0.0247. The molecule has 6 heteroatoms. The van der Waals surface area contributed by atoms with Crippen LogP contribution >= 0.6 is 11.6 Å². The molecule has 2 aromatic carbocycles. The van der Waals surface area contributed by atoms with Gasteiger partial charge in [-0.2, -0.15) is 13.2 Å². The average Bonchev–Trinajstić information content (AvgIpc) is 2.40. The summed E-state index contributed by atoms with van der Waals surface area (Å²) in [5.74, 6) is -0.912. The monoisotopic (exact) mass is 317 g/mol. The van der Waals surface area contributed by atoms with Crippen molar-refractivity contribution >= 4 is 17.3 Å². The molecule has 2 aromatic rings. The number of halogens is 5. The van der Waals surface area contributed by atoms with E-state index in [0.29, 0.717) is 16.8 Å². The molecule has 112 valence electrons. The lowest BCUT2D eigenvalue weighted by Gasteiger charge is -2.15. The van der Waals surface area contributed by atoms with E-state index >= 15 is 0 Å². The highest BCUT2D eigenvalue weighted by Crippen LogP contribution is 2.33. The molecule has 0 atom stereocenters. The van der Waals surface area contributed by atoms with Crippen LogP contribution in [0.5, 0.6) is 0 Å². The first-order chi connectivity index (χ1) is 9.77. The molecule has 2 rings (SSSR count). The first kappa shape index (κ1) is 15.6. The summed E-state index contributed by atoms with van der Waals surface area (Å²) in [5, 5.41) is 3.38. The number of benzene rings is 2. The van der Waals surface area contributed by atoms with Gasteiger partial charge in [0, 0.05) is 17.3 Å². The Kier molecular flexibility index (Phi) is 4.42. The number of rotatable bonds is 3. The average molecular weight is 318 g/mol. The van der Waals surface area contributed by atoms with Crippen molar-refractivity contribution in [2.45, 2.75) is 19.6 Å². The van der Waals surface area contributed by atoms with Gasteiger partial charge < -0.3 is 5.32 Å². The SMILES string of the molecule is Cc1ccc(Cl)cc1NCc1ccc(F)cc1C(F)(F)F. The van der Waals surface area contributed by atoms with Crippen LogP contribution in [0.25, 0.3) is 0 Å². The maximum atomic E-state index is 13.0. The summed E-state index contributed by atoms with van der Waals surface area (Å²) in [7, 11) is 0. The molecule has 1 nitrogen and oxygen atoms in total. The summed E-state index contributed by atoms with van der Waals surface area (Å²) in [4.78, 5) is 0. The van der Waals surface area contributed by atoms with E-state index in [1.165, 1.54) is 0 Å². The molecule has 1 N–H and O–H groups in total. The molecule has 0 aromatic heterocycles. The number of anilines is 1. The minimum Gasteiger partial charge on any atom is -0.381 e. The predicted molar refractivity (Wildman–Crippen MR) is 74.9 cm³/mol. The van der Waals surface area contributed by atoms with Gasteiger partial charge in [-0.1, -0.05) is 23.7 Å². The van der Waals surface area contributed by atoms with Crippen LogP contribution in [0, 0.1) is 12.7 Å². The third-order valence-electron chi connectivity index (χ3n) is 3.05. The van der Waals surface area contributed by atoms with E-state index in [1.54, 1.807) is 18.2 Å². The van der Waals surface area contributed by atoms with Gasteiger partial charge in [-0.3, -0.25) is 0 Å². The zero-order valence-electron chi connectivity index (χ0n) is 11.1. The normalized spacial score (nSPS) is 11.5. The molecule has 0 saturated heterocycles. The smallest absolute Gasteiger partial charge is 0.381 e. The molecule has 0 aliphatic heterocycles. The van der Waals surface area contributed by atoms with Gasteiger partial charge >= 0.3 is 6.18 Å². The molecule has 21 heavy (non-hydrogen) atoms. The van der Waals surface area contributed by atoms with E-state index in [4.69, 9.17) is 11.6 Å². The highest BCUT2D eigenvalue weighted by Gasteiger charge is 2.33. The summed E-state index contributed by atoms with van der Waals surface area (Å²) >= 11 is 5.85. The van der Waals surface area contributed by atoms with Gasteiger partial charge in [0.15, 0.2) is 0 Å². The Labute approximate surface area is 124 Å². The van der Waals surface area contributed by atoms with Crippen molar-refractivity contribution in [1.29, 1.82) is 0 Å². The largest absolute Gasteiger partial charge is 0.416 e. The third kappa shape index (κ3) is 3.88. The predicted octanol–water partition coefficient (Wildman–Crippen LogP) is 5.42. The fraction of sp³-hybridized carbons (Fsp3) is 0.200. The summed E-state index contributed by atoms with van der Waals surface area (Å²) < 4.78 is 51.7. The zero-order chi connectivity index (χ0) is 15.6. The molecule has 0 saturated carbocycles. The van der Waals surface area contributed by atoms with Gasteiger partial charge in [-0.05, 0) is 42.3 Å². The standard InChI is InChI=1S/C15H12ClF4N/c1-9-2-4-11(16)6-14(9)21-8-10-3-5-12(17)7-13(10)15(18,19)20/h2-7,21H,8H2,1H3. The number of nitrogens with one attached hydrogen (secondary N) is 1. The van der Waals surface area contributed by atoms with Crippen molar-refractivity contribution in [2.75, 3.05) is 5.32 Å². The lowest BCUT2D eigenvalue weighted by atomic mass is 10.1. The van der Waals surface area contributed by atoms with E-state index in [-0.39, 0.29) is 12.1 Å². The molecule has 0 amide bonds. The van der Waals surface area contributed by atoms with Crippen molar-refractivity contribution in [3.05, 3.63) is 63.9 Å². The first-order valence-electron chi connectivity index (χ1n) is 6.13. The van der Waals surface area contributed by atoms with Crippen LogP contribution in [0.1, 0.15) is 16.7 Å². The first-order valence-corrected chi connectivity index (χ1v) is 6.51. The molecule has 0 heterocycles. The van der Waals surface area contributed by atoms with Gasteiger partial charge in [0.05, 0.1) is 5.56 Å². The van der Waals surface area contributed by atoms with Crippen LogP contribution in [0.15, 0.2) is 36.4 Å². The van der Waals surface area contributed by atoms with E-state index in [1.807, 2.05) is 6.92 Å². The fourth-order valence-corrected chi connectivity index (χ4v) is 2.11. The second kappa shape index (κ2) is 5.93. The van der Waals surface area contributed by atoms with Gasteiger partial charge in [0.1, 0.15) is 5.82 Å². The van der Waals surface area contributed by atoms with E-state index in [0.717, 1.165) is 17.7 Å². The van der Waals surface area contributed by atoms with Gasteiger partial charge in [-0.15, -0.1) is 0 Å².